The highest BCUT2D eigenvalue weighted by molar-refractivity contribution is 6.09. The van der Waals surface area contributed by atoms with Crippen molar-refractivity contribution in [1.29, 1.82) is 0 Å². The molecule has 2 aromatic heterocycles. The Morgan fingerprint density at radius 1 is 0.531 bits per heavy atom. The van der Waals surface area contributed by atoms with Gasteiger partial charge in [-0.2, -0.15) is 0 Å². The van der Waals surface area contributed by atoms with Crippen LogP contribution in [-0.4, -0.2) is 15.0 Å². The summed E-state index contributed by atoms with van der Waals surface area (Å²) in [6.45, 7) is 2.07. The number of para-hydroxylation sites is 2. The first-order valence-corrected chi connectivity index (χ1v) is 10.6. The summed E-state index contributed by atoms with van der Waals surface area (Å²) in [6.07, 6.45) is 0. The smallest absolute Gasteiger partial charge is 0.167 e. The standard InChI is InChI=1S/C28H19N3O/c1-18-14-16-20(17-15-18)27-29-26(19-8-3-2-4-9-19)30-28(31-27)23-12-7-11-22-21-10-5-6-13-24(21)32-25(22)23/h2-17H,1H3. The van der Waals surface area contributed by atoms with E-state index in [9.17, 15) is 0 Å². The molecule has 2 heterocycles. The second-order valence-electron chi connectivity index (χ2n) is 7.82. The number of aromatic nitrogens is 3. The number of hydrogen-bond donors (Lipinski definition) is 0. The van der Waals surface area contributed by atoms with E-state index in [0.29, 0.717) is 17.5 Å². The molecular formula is C28H19N3O. The fraction of sp³-hybridized carbons (Fsp3) is 0.0357. The zero-order valence-corrected chi connectivity index (χ0v) is 17.5. The van der Waals surface area contributed by atoms with Crippen LogP contribution in [0.4, 0.5) is 0 Å². The topological polar surface area (TPSA) is 51.8 Å². The van der Waals surface area contributed by atoms with Crippen molar-refractivity contribution in [3.05, 3.63) is 103 Å². The Morgan fingerprint density at radius 2 is 1.16 bits per heavy atom. The molecule has 0 aliphatic carbocycles. The zero-order chi connectivity index (χ0) is 21.5. The lowest BCUT2D eigenvalue weighted by Crippen LogP contribution is -2.00. The highest BCUT2D eigenvalue weighted by Gasteiger charge is 2.17. The number of rotatable bonds is 3. The molecule has 0 atom stereocenters. The quantitative estimate of drug-likeness (QED) is 0.311. The van der Waals surface area contributed by atoms with Gasteiger partial charge >= 0.3 is 0 Å². The van der Waals surface area contributed by atoms with Crippen LogP contribution in [0.1, 0.15) is 5.56 Å². The van der Waals surface area contributed by atoms with Crippen molar-refractivity contribution in [2.45, 2.75) is 6.92 Å². The Kier molecular flexibility index (Phi) is 4.29. The molecule has 0 radical (unpaired) electrons. The molecule has 0 spiro atoms. The van der Waals surface area contributed by atoms with E-state index in [1.165, 1.54) is 5.56 Å². The molecule has 0 aliphatic rings. The first-order chi connectivity index (χ1) is 15.8. The van der Waals surface area contributed by atoms with Gasteiger partial charge in [-0.3, -0.25) is 0 Å². The minimum atomic E-state index is 0.596. The summed E-state index contributed by atoms with van der Waals surface area (Å²) in [7, 11) is 0. The van der Waals surface area contributed by atoms with Crippen molar-refractivity contribution >= 4 is 21.9 Å². The fourth-order valence-electron chi connectivity index (χ4n) is 3.97. The average Bonchev–Trinajstić information content (AvgIpc) is 3.24. The Bertz CT molecular complexity index is 1570. The van der Waals surface area contributed by atoms with Crippen LogP contribution in [0.5, 0.6) is 0 Å². The minimum absolute atomic E-state index is 0.596. The molecule has 4 nitrogen and oxygen atoms in total. The van der Waals surface area contributed by atoms with E-state index in [0.717, 1.165) is 38.6 Å². The van der Waals surface area contributed by atoms with E-state index in [-0.39, 0.29) is 0 Å². The summed E-state index contributed by atoms with van der Waals surface area (Å²) >= 11 is 0. The third kappa shape index (κ3) is 3.13. The predicted molar refractivity (Wildman–Crippen MR) is 128 cm³/mol. The van der Waals surface area contributed by atoms with Gasteiger partial charge in [0.2, 0.25) is 0 Å². The summed E-state index contributed by atoms with van der Waals surface area (Å²) in [5.74, 6) is 1.88. The van der Waals surface area contributed by atoms with E-state index >= 15 is 0 Å². The van der Waals surface area contributed by atoms with Gasteiger partial charge in [-0.25, -0.2) is 15.0 Å². The Balaban J connectivity index is 1.62. The third-order valence-electron chi connectivity index (χ3n) is 5.62. The van der Waals surface area contributed by atoms with Crippen LogP contribution in [0.2, 0.25) is 0 Å². The van der Waals surface area contributed by atoms with E-state index in [4.69, 9.17) is 19.4 Å². The van der Waals surface area contributed by atoms with Crippen LogP contribution in [0.3, 0.4) is 0 Å². The number of nitrogens with zero attached hydrogens (tertiary/aromatic N) is 3. The van der Waals surface area contributed by atoms with Crippen LogP contribution >= 0.6 is 0 Å². The van der Waals surface area contributed by atoms with Gasteiger partial charge in [0.05, 0.1) is 5.56 Å². The lowest BCUT2D eigenvalue weighted by molar-refractivity contribution is 0.669. The van der Waals surface area contributed by atoms with Crippen LogP contribution in [0.15, 0.2) is 101 Å². The molecule has 152 valence electrons. The first kappa shape index (κ1) is 18.5. The molecule has 0 saturated carbocycles. The second kappa shape index (κ2) is 7.43. The van der Waals surface area contributed by atoms with Crippen LogP contribution in [-0.2, 0) is 0 Å². The van der Waals surface area contributed by atoms with Gasteiger partial charge in [-0.15, -0.1) is 0 Å². The summed E-state index contributed by atoms with van der Waals surface area (Å²) in [5, 5.41) is 2.14. The van der Waals surface area contributed by atoms with Crippen LogP contribution in [0.25, 0.3) is 56.1 Å². The molecule has 0 fully saturated rings. The minimum Gasteiger partial charge on any atom is -0.455 e. The van der Waals surface area contributed by atoms with Gasteiger partial charge < -0.3 is 4.42 Å². The first-order valence-electron chi connectivity index (χ1n) is 10.6. The van der Waals surface area contributed by atoms with Gasteiger partial charge in [0.1, 0.15) is 11.2 Å². The maximum Gasteiger partial charge on any atom is 0.167 e. The second-order valence-corrected chi connectivity index (χ2v) is 7.82. The Hall–Kier alpha value is -4.31. The summed E-state index contributed by atoms with van der Waals surface area (Å²) in [6, 6.07) is 32.4. The summed E-state index contributed by atoms with van der Waals surface area (Å²) in [4.78, 5) is 14.5. The average molecular weight is 413 g/mol. The molecule has 4 aromatic carbocycles. The molecule has 6 rings (SSSR count). The van der Waals surface area contributed by atoms with Crippen molar-refractivity contribution in [3.8, 4) is 34.2 Å². The lowest BCUT2D eigenvalue weighted by Gasteiger charge is -2.09. The molecule has 0 aliphatic heterocycles. The van der Waals surface area contributed by atoms with Crippen LogP contribution in [0, 0.1) is 6.92 Å². The monoisotopic (exact) mass is 413 g/mol. The predicted octanol–water partition coefficient (Wildman–Crippen LogP) is 7.08. The normalized spacial score (nSPS) is 11.3. The maximum atomic E-state index is 6.24. The van der Waals surface area contributed by atoms with Crippen molar-refractivity contribution in [1.82, 2.24) is 15.0 Å². The molecule has 0 unspecified atom stereocenters. The summed E-state index contributed by atoms with van der Waals surface area (Å²) < 4.78 is 6.24. The molecule has 6 aromatic rings. The van der Waals surface area contributed by atoms with E-state index in [1.54, 1.807) is 0 Å². The largest absolute Gasteiger partial charge is 0.455 e. The van der Waals surface area contributed by atoms with Crippen molar-refractivity contribution in [2.24, 2.45) is 0 Å². The fourth-order valence-corrected chi connectivity index (χ4v) is 3.97. The van der Waals surface area contributed by atoms with E-state index in [1.807, 2.05) is 72.8 Å². The van der Waals surface area contributed by atoms with E-state index in [2.05, 4.69) is 31.2 Å². The number of furan rings is 1. The highest BCUT2D eigenvalue weighted by atomic mass is 16.3. The van der Waals surface area contributed by atoms with Gasteiger partial charge in [0.25, 0.3) is 0 Å². The van der Waals surface area contributed by atoms with Gasteiger partial charge in [-0.05, 0) is 19.1 Å². The van der Waals surface area contributed by atoms with Gasteiger partial charge in [-0.1, -0.05) is 90.5 Å². The van der Waals surface area contributed by atoms with Crippen LogP contribution < -0.4 is 0 Å². The number of fused-ring (bicyclic) bond motifs is 3. The molecule has 0 bridgehead atoms. The maximum absolute atomic E-state index is 6.24. The van der Waals surface area contributed by atoms with Crippen molar-refractivity contribution in [2.75, 3.05) is 0 Å². The molecule has 4 heteroatoms. The molecule has 0 N–H and O–H groups in total. The molecular weight excluding hydrogens is 394 g/mol. The molecule has 32 heavy (non-hydrogen) atoms. The van der Waals surface area contributed by atoms with Gasteiger partial charge in [0.15, 0.2) is 17.5 Å². The Labute approximate surface area is 185 Å². The van der Waals surface area contributed by atoms with E-state index < -0.39 is 0 Å². The number of aryl methyl sites for hydroxylation is 1. The Morgan fingerprint density at radius 3 is 1.94 bits per heavy atom. The third-order valence-corrected chi connectivity index (χ3v) is 5.62. The zero-order valence-electron chi connectivity index (χ0n) is 17.5. The summed E-state index contributed by atoms with van der Waals surface area (Å²) in [5.41, 5.74) is 5.58. The number of hydrogen-bond acceptors (Lipinski definition) is 4. The van der Waals surface area contributed by atoms with Gasteiger partial charge in [0, 0.05) is 21.9 Å². The van der Waals surface area contributed by atoms with Crippen molar-refractivity contribution < 1.29 is 4.42 Å². The highest BCUT2D eigenvalue weighted by Crippen LogP contribution is 2.35. The molecule has 0 saturated heterocycles. The van der Waals surface area contributed by atoms with Crippen molar-refractivity contribution in [3.63, 3.8) is 0 Å². The lowest BCUT2D eigenvalue weighted by atomic mass is 10.1. The number of benzene rings is 4. The SMILES string of the molecule is Cc1ccc(-c2nc(-c3ccccc3)nc(-c3cccc4c3oc3ccccc34)n2)cc1. The molecule has 0 amide bonds.